The number of aliphatic hydroxyl groups excluding tert-OH is 1. The Hall–Kier alpha value is -0.120. The van der Waals surface area contributed by atoms with Gasteiger partial charge in [-0.05, 0) is 25.9 Å². The standard InChI is InChI=1S/C9H20N2O/c1-2-11-6-4-3-5-9(10,7-11)8-12/h12H,2-8,10H2,1H3. The van der Waals surface area contributed by atoms with Crippen LogP contribution < -0.4 is 5.73 Å². The first-order valence-electron chi connectivity index (χ1n) is 4.82. The predicted molar refractivity (Wildman–Crippen MR) is 50.0 cm³/mol. The summed E-state index contributed by atoms with van der Waals surface area (Å²) < 4.78 is 0. The molecule has 1 saturated heterocycles. The van der Waals surface area contributed by atoms with Gasteiger partial charge in [-0.2, -0.15) is 0 Å². The molecule has 1 aliphatic heterocycles. The average molecular weight is 172 g/mol. The Kier molecular flexibility index (Phi) is 3.50. The molecule has 12 heavy (non-hydrogen) atoms. The largest absolute Gasteiger partial charge is 0.394 e. The highest BCUT2D eigenvalue weighted by Gasteiger charge is 2.28. The van der Waals surface area contributed by atoms with Crippen molar-refractivity contribution in [3.63, 3.8) is 0 Å². The Morgan fingerprint density at radius 3 is 2.83 bits per heavy atom. The lowest BCUT2D eigenvalue weighted by atomic mass is 9.96. The zero-order chi connectivity index (χ0) is 9.03. The van der Waals surface area contributed by atoms with Crippen LogP contribution >= 0.6 is 0 Å². The van der Waals surface area contributed by atoms with Crippen molar-refractivity contribution in [3.05, 3.63) is 0 Å². The fourth-order valence-corrected chi connectivity index (χ4v) is 1.81. The fourth-order valence-electron chi connectivity index (χ4n) is 1.81. The van der Waals surface area contributed by atoms with E-state index in [0.717, 1.165) is 32.5 Å². The Labute approximate surface area is 74.5 Å². The van der Waals surface area contributed by atoms with E-state index < -0.39 is 0 Å². The molecule has 1 unspecified atom stereocenters. The molecule has 0 radical (unpaired) electrons. The maximum atomic E-state index is 9.14. The van der Waals surface area contributed by atoms with Crippen molar-refractivity contribution >= 4 is 0 Å². The minimum atomic E-state index is -0.341. The van der Waals surface area contributed by atoms with Crippen molar-refractivity contribution in [3.8, 4) is 0 Å². The number of rotatable bonds is 2. The highest BCUT2D eigenvalue weighted by Crippen LogP contribution is 2.17. The third kappa shape index (κ3) is 2.44. The van der Waals surface area contributed by atoms with Gasteiger partial charge >= 0.3 is 0 Å². The van der Waals surface area contributed by atoms with Crippen LogP contribution in [-0.2, 0) is 0 Å². The van der Waals surface area contributed by atoms with E-state index in [2.05, 4.69) is 11.8 Å². The van der Waals surface area contributed by atoms with E-state index in [4.69, 9.17) is 10.8 Å². The Balaban J connectivity index is 2.52. The summed E-state index contributed by atoms with van der Waals surface area (Å²) in [6.45, 7) is 5.28. The first kappa shape index (κ1) is 9.96. The summed E-state index contributed by atoms with van der Waals surface area (Å²) in [5.41, 5.74) is 5.69. The molecule has 0 aromatic carbocycles. The van der Waals surface area contributed by atoms with Crippen LogP contribution in [0.1, 0.15) is 26.2 Å². The van der Waals surface area contributed by atoms with Crippen molar-refractivity contribution in [2.24, 2.45) is 5.73 Å². The van der Waals surface area contributed by atoms with Crippen LogP contribution in [-0.4, -0.2) is 41.8 Å². The molecule has 3 nitrogen and oxygen atoms in total. The Bertz CT molecular complexity index is 140. The number of hydrogen-bond acceptors (Lipinski definition) is 3. The van der Waals surface area contributed by atoms with Gasteiger partial charge in [-0.25, -0.2) is 0 Å². The normalized spacial score (nSPS) is 33.2. The molecule has 1 atom stereocenters. The lowest BCUT2D eigenvalue weighted by Gasteiger charge is -2.30. The topological polar surface area (TPSA) is 49.5 Å². The summed E-state index contributed by atoms with van der Waals surface area (Å²) in [6, 6.07) is 0. The van der Waals surface area contributed by atoms with Gasteiger partial charge in [0, 0.05) is 6.54 Å². The van der Waals surface area contributed by atoms with Crippen LogP contribution in [0.5, 0.6) is 0 Å². The van der Waals surface area contributed by atoms with E-state index in [0.29, 0.717) is 0 Å². The van der Waals surface area contributed by atoms with Crippen LogP contribution in [0.15, 0.2) is 0 Å². The molecule has 1 aliphatic rings. The van der Waals surface area contributed by atoms with E-state index in [-0.39, 0.29) is 12.1 Å². The summed E-state index contributed by atoms with van der Waals surface area (Å²) in [6.07, 6.45) is 3.32. The molecule has 0 aliphatic carbocycles. The third-order valence-corrected chi connectivity index (χ3v) is 2.70. The van der Waals surface area contributed by atoms with Gasteiger partial charge in [0.05, 0.1) is 12.1 Å². The molecule has 0 aromatic heterocycles. The lowest BCUT2D eigenvalue weighted by Crippen LogP contribution is -2.51. The van der Waals surface area contributed by atoms with E-state index in [1.807, 2.05) is 0 Å². The zero-order valence-corrected chi connectivity index (χ0v) is 7.92. The third-order valence-electron chi connectivity index (χ3n) is 2.70. The van der Waals surface area contributed by atoms with Gasteiger partial charge in [0.1, 0.15) is 0 Å². The highest BCUT2D eigenvalue weighted by atomic mass is 16.3. The maximum Gasteiger partial charge on any atom is 0.0623 e. The summed E-state index contributed by atoms with van der Waals surface area (Å²) in [7, 11) is 0. The quantitative estimate of drug-likeness (QED) is 0.625. The van der Waals surface area contributed by atoms with Crippen LogP contribution in [0, 0.1) is 0 Å². The van der Waals surface area contributed by atoms with Crippen LogP contribution in [0.4, 0.5) is 0 Å². The van der Waals surface area contributed by atoms with Gasteiger partial charge < -0.3 is 15.7 Å². The molecule has 72 valence electrons. The van der Waals surface area contributed by atoms with Crippen LogP contribution in [0.25, 0.3) is 0 Å². The van der Waals surface area contributed by atoms with Gasteiger partial charge in [0.2, 0.25) is 0 Å². The summed E-state index contributed by atoms with van der Waals surface area (Å²) in [5, 5.41) is 9.14. The van der Waals surface area contributed by atoms with Crippen molar-refractivity contribution in [1.82, 2.24) is 4.90 Å². The average Bonchev–Trinajstić information content (AvgIpc) is 2.28. The molecule has 3 heteroatoms. The number of aliphatic hydroxyl groups is 1. The number of hydrogen-bond donors (Lipinski definition) is 2. The molecule has 0 saturated carbocycles. The second-order valence-electron chi connectivity index (χ2n) is 3.85. The maximum absolute atomic E-state index is 9.14. The molecule has 1 heterocycles. The second-order valence-corrected chi connectivity index (χ2v) is 3.85. The van der Waals surface area contributed by atoms with Gasteiger partial charge in [-0.3, -0.25) is 0 Å². The molecule has 0 aromatic rings. The molecule has 0 bridgehead atoms. The van der Waals surface area contributed by atoms with E-state index in [1.54, 1.807) is 0 Å². The minimum absolute atomic E-state index is 0.115. The van der Waals surface area contributed by atoms with Crippen molar-refractivity contribution in [1.29, 1.82) is 0 Å². The first-order chi connectivity index (χ1) is 5.70. The second kappa shape index (κ2) is 4.21. The molecule has 0 amide bonds. The van der Waals surface area contributed by atoms with Crippen molar-refractivity contribution in [2.45, 2.75) is 31.7 Å². The molecular weight excluding hydrogens is 152 g/mol. The Morgan fingerprint density at radius 2 is 2.25 bits per heavy atom. The molecule has 3 N–H and O–H groups in total. The van der Waals surface area contributed by atoms with E-state index >= 15 is 0 Å². The zero-order valence-electron chi connectivity index (χ0n) is 7.92. The SMILES string of the molecule is CCN1CCCCC(N)(CO)C1. The Morgan fingerprint density at radius 1 is 1.50 bits per heavy atom. The van der Waals surface area contributed by atoms with Gasteiger partial charge in [-0.1, -0.05) is 13.3 Å². The minimum Gasteiger partial charge on any atom is -0.394 e. The van der Waals surface area contributed by atoms with Crippen LogP contribution in [0.3, 0.4) is 0 Å². The summed E-state index contributed by atoms with van der Waals surface area (Å²) in [4.78, 5) is 2.32. The summed E-state index contributed by atoms with van der Waals surface area (Å²) >= 11 is 0. The monoisotopic (exact) mass is 172 g/mol. The van der Waals surface area contributed by atoms with Crippen molar-refractivity contribution < 1.29 is 5.11 Å². The molecule has 1 rings (SSSR count). The summed E-state index contributed by atoms with van der Waals surface area (Å²) in [5.74, 6) is 0. The fraction of sp³-hybridized carbons (Fsp3) is 1.00. The highest BCUT2D eigenvalue weighted by molar-refractivity contribution is 4.88. The smallest absolute Gasteiger partial charge is 0.0623 e. The number of nitrogens with two attached hydrogens (primary N) is 1. The lowest BCUT2D eigenvalue weighted by molar-refractivity contribution is 0.148. The number of nitrogens with zero attached hydrogens (tertiary/aromatic N) is 1. The molecule has 1 fully saturated rings. The van der Waals surface area contributed by atoms with Gasteiger partial charge in [0.15, 0.2) is 0 Å². The van der Waals surface area contributed by atoms with Crippen LogP contribution in [0.2, 0.25) is 0 Å². The first-order valence-corrected chi connectivity index (χ1v) is 4.82. The van der Waals surface area contributed by atoms with Crippen molar-refractivity contribution in [2.75, 3.05) is 26.2 Å². The predicted octanol–water partition coefficient (Wildman–Crippen LogP) is 0.182. The molecular formula is C9H20N2O. The number of likely N-dealkylation sites (tertiary alicyclic amines) is 1. The van der Waals surface area contributed by atoms with Gasteiger partial charge in [0.25, 0.3) is 0 Å². The molecule has 0 spiro atoms. The number of likely N-dealkylation sites (N-methyl/N-ethyl adjacent to an activating group) is 1. The van der Waals surface area contributed by atoms with E-state index in [9.17, 15) is 0 Å². The van der Waals surface area contributed by atoms with Gasteiger partial charge in [-0.15, -0.1) is 0 Å². The van der Waals surface area contributed by atoms with E-state index in [1.165, 1.54) is 6.42 Å².